The van der Waals surface area contributed by atoms with Gasteiger partial charge in [-0.15, -0.1) is 0 Å². The molecule has 0 saturated carbocycles. The van der Waals surface area contributed by atoms with E-state index >= 15 is 0 Å². The van der Waals surface area contributed by atoms with E-state index in [1.165, 1.54) is 13.2 Å². The average molecular weight is 327 g/mol. The molecule has 5 nitrogen and oxygen atoms in total. The van der Waals surface area contributed by atoms with Crippen molar-refractivity contribution in [2.45, 2.75) is 19.8 Å². The molecule has 0 bridgehead atoms. The molecule has 0 aliphatic heterocycles. The molecular formula is C19H21NO4. The van der Waals surface area contributed by atoms with Crippen LogP contribution in [0.15, 0.2) is 48.5 Å². The molecule has 0 fully saturated rings. The van der Waals surface area contributed by atoms with Gasteiger partial charge >= 0.3 is 5.97 Å². The highest BCUT2D eigenvalue weighted by Crippen LogP contribution is 2.24. The molecule has 0 aliphatic carbocycles. The Morgan fingerprint density at radius 1 is 1.04 bits per heavy atom. The Morgan fingerprint density at radius 3 is 2.54 bits per heavy atom. The van der Waals surface area contributed by atoms with Crippen LogP contribution < -0.4 is 10.1 Å². The molecule has 0 saturated heterocycles. The lowest BCUT2D eigenvalue weighted by molar-refractivity contribution is 0.0600. The van der Waals surface area contributed by atoms with Crippen molar-refractivity contribution in [3.8, 4) is 5.75 Å². The van der Waals surface area contributed by atoms with Gasteiger partial charge in [-0.1, -0.05) is 31.5 Å². The number of nitrogens with one attached hydrogen (secondary N) is 1. The first kappa shape index (κ1) is 17.5. The van der Waals surface area contributed by atoms with Crippen LogP contribution in [0.1, 0.15) is 40.5 Å². The van der Waals surface area contributed by atoms with Crippen LogP contribution in [-0.4, -0.2) is 25.6 Å². The number of hydrogen-bond donors (Lipinski definition) is 1. The lowest BCUT2D eigenvalue weighted by Crippen LogP contribution is -2.14. The summed E-state index contributed by atoms with van der Waals surface area (Å²) < 4.78 is 10.4. The number of esters is 1. The van der Waals surface area contributed by atoms with Gasteiger partial charge < -0.3 is 14.8 Å². The van der Waals surface area contributed by atoms with Gasteiger partial charge in [0, 0.05) is 5.56 Å². The predicted molar refractivity (Wildman–Crippen MR) is 92.6 cm³/mol. The number of carbonyl (C=O) groups is 2. The van der Waals surface area contributed by atoms with Crippen molar-refractivity contribution in [3.05, 3.63) is 59.7 Å². The number of benzene rings is 2. The SMILES string of the molecule is CCCCOc1ccccc1NC(=O)c1cccc(C(=O)OC)c1. The molecule has 0 heterocycles. The monoisotopic (exact) mass is 327 g/mol. The first-order valence-corrected chi connectivity index (χ1v) is 7.87. The van der Waals surface area contributed by atoms with E-state index in [-0.39, 0.29) is 5.91 Å². The highest BCUT2D eigenvalue weighted by Gasteiger charge is 2.12. The molecule has 0 radical (unpaired) electrons. The summed E-state index contributed by atoms with van der Waals surface area (Å²) in [5, 5.41) is 2.82. The van der Waals surface area contributed by atoms with Gasteiger partial charge in [0.05, 0.1) is 25.0 Å². The zero-order valence-electron chi connectivity index (χ0n) is 13.9. The van der Waals surface area contributed by atoms with Crippen LogP contribution in [0.5, 0.6) is 5.75 Å². The van der Waals surface area contributed by atoms with Gasteiger partial charge in [-0.25, -0.2) is 4.79 Å². The summed E-state index contributed by atoms with van der Waals surface area (Å²) in [4.78, 5) is 24.0. The summed E-state index contributed by atoms with van der Waals surface area (Å²) in [5.74, 6) is -0.163. The molecule has 5 heteroatoms. The van der Waals surface area contributed by atoms with Crippen molar-refractivity contribution >= 4 is 17.6 Å². The molecule has 0 aromatic heterocycles. The number of carbonyl (C=O) groups excluding carboxylic acids is 2. The Kier molecular flexibility index (Phi) is 6.37. The first-order chi connectivity index (χ1) is 11.7. The third kappa shape index (κ3) is 4.59. The van der Waals surface area contributed by atoms with E-state index in [1.807, 2.05) is 18.2 Å². The minimum atomic E-state index is -0.479. The summed E-state index contributed by atoms with van der Waals surface area (Å²) >= 11 is 0. The number of unbranched alkanes of at least 4 members (excludes halogenated alkanes) is 1. The highest BCUT2D eigenvalue weighted by atomic mass is 16.5. The van der Waals surface area contributed by atoms with Crippen molar-refractivity contribution < 1.29 is 19.1 Å². The normalized spacial score (nSPS) is 10.1. The van der Waals surface area contributed by atoms with E-state index < -0.39 is 5.97 Å². The van der Waals surface area contributed by atoms with E-state index in [1.54, 1.807) is 24.3 Å². The molecule has 2 rings (SSSR count). The number of ether oxygens (including phenoxy) is 2. The maximum absolute atomic E-state index is 12.4. The van der Waals surface area contributed by atoms with E-state index in [9.17, 15) is 9.59 Å². The lowest BCUT2D eigenvalue weighted by atomic mass is 10.1. The largest absolute Gasteiger partial charge is 0.491 e. The third-order valence-electron chi connectivity index (χ3n) is 3.44. The number of hydrogen-bond acceptors (Lipinski definition) is 4. The van der Waals surface area contributed by atoms with Gasteiger partial charge in [-0.2, -0.15) is 0 Å². The number of amides is 1. The molecule has 2 aromatic carbocycles. The molecule has 24 heavy (non-hydrogen) atoms. The quantitative estimate of drug-likeness (QED) is 0.619. The Bertz CT molecular complexity index is 712. The smallest absolute Gasteiger partial charge is 0.337 e. The summed E-state index contributed by atoms with van der Waals surface area (Å²) in [6.45, 7) is 2.69. The molecule has 0 aliphatic rings. The Balaban J connectivity index is 2.14. The van der Waals surface area contributed by atoms with Gasteiger partial charge in [-0.3, -0.25) is 4.79 Å². The Labute approximate surface area is 141 Å². The molecule has 2 aromatic rings. The van der Waals surface area contributed by atoms with Crippen molar-refractivity contribution in [2.24, 2.45) is 0 Å². The fourth-order valence-corrected chi connectivity index (χ4v) is 2.12. The maximum atomic E-state index is 12.4. The van der Waals surface area contributed by atoms with Crippen molar-refractivity contribution in [1.29, 1.82) is 0 Å². The zero-order valence-corrected chi connectivity index (χ0v) is 13.9. The van der Waals surface area contributed by atoms with Crippen LogP contribution in [0, 0.1) is 0 Å². The van der Waals surface area contributed by atoms with E-state index in [0.717, 1.165) is 12.8 Å². The molecule has 0 unspecified atom stereocenters. The number of rotatable bonds is 7. The molecule has 1 N–H and O–H groups in total. The number of anilines is 1. The standard InChI is InChI=1S/C19H21NO4/c1-3-4-12-24-17-11-6-5-10-16(17)20-18(21)14-8-7-9-15(13-14)19(22)23-2/h5-11,13H,3-4,12H2,1-2H3,(H,20,21). The topological polar surface area (TPSA) is 64.6 Å². The van der Waals surface area contributed by atoms with Gasteiger partial charge in [-0.05, 0) is 36.8 Å². The molecule has 126 valence electrons. The second-order valence-electron chi connectivity index (χ2n) is 5.22. The Hall–Kier alpha value is -2.82. The highest BCUT2D eigenvalue weighted by molar-refractivity contribution is 6.06. The van der Waals surface area contributed by atoms with E-state index in [0.29, 0.717) is 29.2 Å². The minimum Gasteiger partial charge on any atom is -0.491 e. The molecule has 0 atom stereocenters. The minimum absolute atomic E-state index is 0.313. The van der Waals surface area contributed by atoms with Crippen LogP contribution in [0.2, 0.25) is 0 Å². The molecule has 0 spiro atoms. The molecule has 1 amide bonds. The van der Waals surface area contributed by atoms with Gasteiger partial charge in [0.25, 0.3) is 5.91 Å². The summed E-state index contributed by atoms with van der Waals surface area (Å²) in [7, 11) is 1.30. The van der Waals surface area contributed by atoms with Gasteiger partial charge in [0.15, 0.2) is 0 Å². The van der Waals surface area contributed by atoms with E-state index in [2.05, 4.69) is 17.0 Å². The second kappa shape index (κ2) is 8.72. The van der Waals surface area contributed by atoms with Crippen molar-refractivity contribution in [2.75, 3.05) is 19.0 Å². The van der Waals surface area contributed by atoms with Crippen LogP contribution >= 0.6 is 0 Å². The van der Waals surface area contributed by atoms with Crippen molar-refractivity contribution in [1.82, 2.24) is 0 Å². The van der Waals surface area contributed by atoms with Gasteiger partial charge in [0.2, 0.25) is 0 Å². The lowest BCUT2D eigenvalue weighted by Gasteiger charge is -2.12. The molecular weight excluding hydrogens is 306 g/mol. The summed E-state index contributed by atoms with van der Waals surface area (Å²) in [5.41, 5.74) is 1.31. The average Bonchev–Trinajstić information content (AvgIpc) is 2.62. The zero-order chi connectivity index (χ0) is 17.4. The maximum Gasteiger partial charge on any atom is 0.337 e. The third-order valence-corrected chi connectivity index (χ3v) is 3.44. The van der Waals surface area contributed by atoms with Crippen LogP contribution in [0.3, 0.4) is 0 Å². The van der Waals surface area contributed by atoms with Crippen LogP contribution in [-0.2, 0) is 4.74 Å². The fraction of sp³-hybridized carbons (Fsp3) is 0.263. The fourth-order valence-electron chi connectivity index (χ4n) is 2.12. The van der Waals surface area contributed by atoms with Gasteiger partial charge in [0.1, 0.15) is 5.75 Å². The number of para-hydroxylation sites is 2. The number of methoxy groups -OCH3 is 1. The second-order valence-corrected chi connectivity index (χ2v) is 5.22. The summed E-state index contributed by atoms with van der Waals surface area (Å²) in [6, 6.07) is 13.7. The Morgan fingerprint density at radius 2 is 1.79 bits per heavy atom. The summed E-state index contributed by atoms with van der Waals surface area (Å²) in [6.07, 6.45) is 1.98. The first-order valence-electron chi connectivity index (χ1n) is 7.87. The van der Waals surface area contributed by atoms with Crippen LogP contribution in [0.25, 0.3) is 0 Å². The predicted octanol–water partition coefficient (Wildman–Crippen LogP) is 3.90. The van der Waals surface area contributed by atoms with E-state index in [4.69, 9.17) is 4.74 Å². The van der Waals surface area contributed by atoms with Crippen LogP contribution in [0.4, 0.5) is 5.69 Å². The van der Waals surface area contributed by atoms with Crippen molar-refractivity contribution in [3.63, 3.8) is 0 Å².